The van der Waals surface area contributed by atoms with Crippen molar-refractivity contribution in [2.45, 2.75) is 32.5 Å². The third-order valence-corrected chi connectivity index (χ3v) is 2.96. The molecule has 1 aromatic heterocycles. The van der Waals surface area contributed by atoms with Crippen LogP contribution < -0.4 is 11.3 Å². The fourth-order valence-electron chi connectivity index (χ4n) is 2.00. The first kappa shape index (κ1) is 12.1. The zero-order valence-electron chi connectivity index (χ0n) is 10.1. The van der Waals surface area contributed by atoms with Gasteiger partial charge in [0.05, 0.1) is 18.8 Å². The number of aromatic amines is 1. The maximum Gasteiger partial charge on any atom is 0.256 e. The molecule has 2 rings (SSSR count). The van der Waals surface area contributed by atoms with Gasteiger partial charge in [-0.1, -0.05) is 6.92 Å². The molecule has 0 aliphatic carbocycles. The number of nitrogens with one attached hydrogen (secondary N) is 1. The van der Waals surface area contributed by atoms with E-state index in [-0.39, 0.29) is 11.4 Å². The van der Waals surface area contributed by atoms with E-state index in [9.17, 15) is 4.79 Å². The highest BCUT2D eigenvalue weighted by Gasteiger charge is 2.36. The molecule has 1 fully saturated rings. The number of ether oxygens (including phenoxy) is 2. The molecule has 0 atom stereocenters. The Morgan fingerprint density at radius 2 is 2.12 bits per heavy atom. The van der Waals surface area contributed by atoms with Gasteiger partial charge in [0.2, 0.25) is 0 Å². The van der Waals surface area contributed by atoms with Gasteiger partial charge in [-0.05, 0) is 13.3 Å². The first-order chi connectivity index (χ1) is 8.06. The summed E-state index contributed by atoms with van der Waals surface area (Å²) in [5, 5.41) is 0. The summed E-state index contributed by atoms with van der Waals surface area (Å²) in [5.41, 5.74) is 5.98. The second-order valence-electron chi connectivity index (χ2n) is 4.15. The number of aryl methyl sites for hydroxylation is 1. The van der Waals surface area contributed by atoms with Crippen LogP contribution in [0.1, 0.15) is 24.7 Å². The van der Waals surface area contributed by atoms with Gasteiger partial charge in [0, 0.05) is 6.42 Å². The van der Waals surface area contributed by atoms with E-state index in [1.807, 2.05) is 6.92 Å². The fourth-order valence-corrected chi connectivity index (χ4v) is 2.00. The van der Waals surface area contributed by atoms with Crippen LogP contribution in [-0.4, -0.2) is 29.0 Å². The van der Waals surface area contributed by atoms with Crippen LogP contribution in [0.4, 0.5) is 5.82 Å². The molecule has 1 aliphatic rings. The minimum absolute atomic E-state index is 0.220. The molecular weight excluding hydrogens is 222 g/mol. The van der Waals surface area contributed by atoms with Crippen LogP contribution >= 0.6 is 0 Å². The van der Waals surface area contributed by atoms with Crippen LogP contribution in [0.15, 0.2) is 4.79 Å². The minimum Gasteiger partial charge on any atom is -0.383 e. The third-order valence-electron chi connectivity index (χ3n) is 2.96. The molecule has 6 nitrogen and oxygen atoms in total. The summed E-state index contributed by atoms with van der Waals surface area (Å²) in [5.74, 6) is 0.0335. The maximum absolute atomic E-state index is 11.8. The number of aromatic nitrogens is 2. The molecule has 1 aliphatic heterocycles. The predicted octanol–water partition coefficient (Wildman–Crippen LogP) is 0.356. The summed E-state index contributed by atoms with van der Waals surface area (Å²) in [7, 11) is 0. The van der Waals surface area contributed by atoms with Gasteiger partial charge < -0.3 is 20.2 Å². The van der Waals surface area contributed by atoms with Crippen molar-refractivity contribution in [1.82, 2.24) is 9.97 Å². The lowest BCUT2D eigenvalue weighted by molar-refractivity contribution is -0.157. The van der Waals surface area contributed by atoms with Crippen molar-refractivity contribution in [2.24, 2.45) is 0 Å². The topological polar surface area (TPSA) is 90.2 Å². The average molecular weight is 239 g/mol. The molecule has 94 valence electrons. The maximum atomic E-state index is 11.8. The number of nitrogens with two attached hydrogens (primary N) is 1. The van der Waals surface area contributed by atoms with Crippen LogP contribution in [0, 0.1) is 6.92 Å². The van der Waals surface area contributed by atoms with Crippen LogP contribution in [0.2, 0.25) is 0 Å². The lowest BCUT2D eigenvalue weighted by atomic mass is 10.0. The molecule has 1 saturated heterocycles. The molecule has 6 heteroatoms. The Morgan fingerprint density at radius 3 is 2.65 bits per heavy atom. The van der Waals surface area contributed by atoms with Crippen molar-refractivity contribution in [2.75, 3.05) is 18.9 Å². The Kier molecular flexibility index (Phi) is 3.17. The standard InChI is InChI=1S/C11H17N3O3/c1-3-11(16-4-5-17-11)6-8-9(12)13-7(2)14-10(8)15/h3-6H2,1-2H3,(H3,12,13,14,15). The van der Waals surface area contributed by atoms with Crippen molar-refractivity contribution in [1.29, 1.82) is 0 Å². The first-order valence-electron chi connectivity index (χ1n) is 5.69. The number of anilines is 1. The smallest absolute Gasteiger partial charge is 0.256 e. The Bertz CT molecular complexity index is 464. The van der Waals surface area contributed by atoms with Crippen LogP contribution in [-0.2, 0) is 15.9 Å². The van der Waals surface area contributed by atoms with Crippen molar-refractivity contribution in [3.8, 4) is 0 Å². The number of hydrogen-bond donors (Lipinski definition) is 2. The van der Waals surface area contributed by atoms with E-state index >= 15 is 0 Å². The molecule has 0 amide bonds. The highest BCUT2D eigenvalue weighted by Crippen LogP contribution is 2.27. The summed E-state index contributed by atoms with van der Waals surface area (Å²) in [6.07, 6.45) is 0.998. The average Bonchev–Trinajstić information content (AvgIpc) is 2.73. The molecule has 0 saturated carbocycles. The molecule has 0 unspecified atom stereocenters. The van der Waals surface area contributed by atoms with E-state index in [1.54, 1.807) is 6.92 Å². The fraction of sp³-hybridized carbons (Fsp3) is 0.636. The highest BCUT2D eigenvalue weighted by molar-refractivity contribution is 5.38. The lowest BCUT2D eigenvalue weighted by Gasteiger charge is -2.25. The lowest BCUT2D eigenvalue weighted by Crippen LogP contribution is -2.35. The summed E-state index contributed by atoms with van der Waals surface area (Å²) in [6.45, 7) is 4.74. The van der Waals surface area contributed by atoms with E-state index in [0.29, 0.717) is 37.4 Å². The van der Waals surface area contributed by atoms with Crippen molar-refractivity contribution in [3.05, 3.63) is 21.7 Å². The molecule has 0 spiro atoms. The zero-order valence-corrected chi connectivity index (χ0v) is 10.1. The van der Waals surface area contributed by atoms with Crippen LogP contribution in [0.5, 0.6) is 0 Å². The van der Waals surface area contributed by atoms with Gasteiger partial charge in [-0.2, -0.15) is 0 Å². The number of H-pyrrole nitrogens is 1. The van der Waals surface area contributed by atoms with Gasteiger partial charge in [0.1, 0.15) is 11.6 Å². The van der Waals surface area contributed by atoms with E-state index in [4.69, 9.17) is 15.2 Å². The Balaban J connectivity index is 2.32. The van der Waals surface area contributed by atoms with Gasteiger partial charge in [0.15, 0.2) is 5.79 Å². The van der Waals surface area contributed by atoms with Crippen molar-refractivity contribution >= 4 is 5.82 Å². The van der Waals surface area contributed by atoms with E-state index in [2.05, 4.69) is 9.97 Å². The number of hydrogen-bond acceptors (Lipinski definition) is 5. The molecular formula is C11H17N3O3. The molecule has 1 aromatic rings. The van der Waals surface area contributed by atoms with E-state index in [0.717, 1.165) is 0 Å². The van der Waals surface area contributed by atoms with Gasteiger partial charge >= 0.3 is 0 Å². The molecule has 0 bridgehead atoms. The Labute approximate surface area is 99.1 Å². The van der Waals surface area contributed by atoms with Crippen molar-refractivity contribution in [3.63, 3.8) is 0 Å². The second-order valence-corrected chi connectivity index (χ2v) is 4.15. The van der Waals surface area contributed by atoms with Crippen molar-refractivity contribution < 1.29 is 9.47 Å². The summed E-state index contributed by atoms with van der Waals surface area (Å²) in [6, 6.07) is 0. The SMILES string of the molecule is CCC1(Cc2c(N)nc(C)[nH]c2=O)OCCO1. The molecule has 2 heterocycles. The molecule has 0 radical (unpaired) electrons. The summed E-state index contributed by atoms with van der Waals surface area (Å²) >= 11 is 0. The Morgan fingerprint density at radius 1 is 1.47 bits per heavy atom. The van der Waals surface area contributed by atoms with Crippen LogP contribution in [0.25, 0.3) is 0 Å². The molecule has 0 aromatic carbocycles. The van der Waals surface area contributed by atoms with Gasteiger partial charge in [-0.3, -0.25) is 4.79 Å². The highest BCUT2D eigenvalue weighted by atomic mass is 16.7. The summed E-state index contributed by atoms with van der Waals surface area (Å²) in [4.78, 5) is 18.5. The van der Waals surface area contributed by atoms with E-state index in [1.165, 1.54) is 0 Å². The largest absolute Gasteiger partial charge is 0.383 e. The van der Waals surface area contributed by atoms with E-state index < -0.39 is 5.79 Å². The normalized spacial score (nSPS) is 18.5. The Hall–Kier alpha value is -1.40. The zero-order chi connectivity index (χ0) is 12.5. The number of rotatable bonds is 3. The number of nitrogens with zero attached hydrogens (tertiary/aromatic N) is 1. The molecule has 3 N–H and O–H groups in total. The summed E-state index contributed by atoms with van der Waals surface area (Å²) < 4.78 is 11.2. The second kappa shape index (κ2) is 4.46. The number of nitrogen functional groups attached to an aromatic ring is 1. The predicted molar refractivity (Wildman–Crippen MR) is 62.6 cm³/mol. The first-order valence-corrected chi connectivity index (χ1v) is 5.69. The van der Waals surface area contributed by atoms with Gasteiger partial charge in [0.25, 0.3) is 5.56 Å². The monoisotopic (exact) mass is 239 g/mol. The quantitative estimate of drug-likeness (QED) is 0.794. The van der Waals surface area contributed by atoms with Crippen LogP contribution in [0.3, 0.4) is 0 Å². The third kappa shape index (κ3) is 2.32. The minimum atomic E-state index is -0.724. The molecule has 17 heavy (non-hydrogen) atoms. The van der Waals surface area contributed by atoms with Gasteiger partial charge in [-0.15, -0.1) is 0 Å². The van der Waals surface area contributed by atoms with Gasteiger partial charge in [-0.25, -0.2) is 4.98 Å².